The van der Waals surface area contributed by atoms with Crippen LogP contribution in [0.1, 0.15) is 18.5 Å². The third-order valence-corrected chi connectivity index (χ3v) is 4.45. The van der Waals surface area contributed by atoms with E-state index in [0.717, 1.165) is 31.6 Å². The van der Waals surface area contributed by atoms with Gasteiger partial charge in [-0.05, 0) is 26.3 Å². The number of hydrogen-bond acceptors (Lipinski definition) is 6. The first-order valence-electron chi connectivity index (χ1n) is 6.99. The molecule has 1 fully saturated rings. The zero-order valence-corrected chi connectivity index (χ0v) is 12.7. The van der Waals surface area contributed by atoms with E-state index in [9.17, 15) is 4.79 Å². The largest absolute Gasteiger partial charge is 0.301 e. The summed E-state index contributed by atoms with van der Waals surface area (Å²) in [4.78, 5) is 22.5. The van der Waals surface area contributed by atoms with Crippen molar-refractivity contribution in [1.82, 2.24) is 24.6 Å². The first-order chi connectivity index (χ1) is 10.2. The maximum absolute atomic E-state index is 12.1. The fourth-order valence-corrected chi connectivity index (χ4v) is 3.31. The van der Waals surface area contributed by atoms with Gasteiger partial charge in [-0.15, -0.1) is 11.3 Å². The third-order valence-electron chi connectivity index (χ3n) is 3.58. The van der Waals surface area contributed by atoms with Crippen LogP contribution in [0.4, 0.5) is 5.13 Å². The predicted molar refractivity (Wildman–Crippen MR) is 80.1 cm³/mol. The predicted octanol–water partition coefficient (Wildman–Crippen LogP) is 1.15. The summed E-state index contributed by atoms with van der Waals surface area (Å²) in [6.07, 6.45) is 5.46. The monoisotopic (exact) mass is 306 g/mol. The molecule has 1 atom stereocenters. The molecule has 2 aromatic rings. The molecule has 112 valence electrons. The number of carbonyl (C=O) groups excluding carboxylic acids is 1. The van der Waals surface area contributed by atoms with E-state index in [4.69, 9.17) is 0 Å². The number of anilines is 1. The Bertz CT molecular complexity index is 596. The van der Waals surface area contributed by atoms with Crippen molar-refractivity contribution in [2.24, 2.45) is 0 Å². The highest BCUT2D eigenvalue weighted by Crippen LogP contribution is 2.19. The highest BCUT2D eigenvalue weighted by molar-refractivity contribution is 7.13. The van der Waals surface area contributed by atoms with Crippen LogP contribution in [0.15, 0.2) is 18.0 Å². The van der Waals surface area contributed by atoms with Crippen LogP contribution in [0.25, 0.3) is 0 Å². The number of nitrogens with one attached hydrogen (secondary N) is 1. The van der Waals surface area contributed by atoms with E-state index < -0.39 is 0 Å². The topological polar surface area (TPSA) is 75.9 Å². The van der Waals surface area contributed by atoms with Crippen molar-refractivity contribution in [3.05, 3.63) is 23.7 Å². The lowest BCUT2D eigenvalue weighted by Crippen LogP contribution is -2.39. The average molecular weight is 306 g/mol. The van der Waals surface area contributed by atoms with E-state index in [1.165, 1.54) is 17.7 Å². The Kier molecular flexibility index (Phi) is 4.26. The second-order valence-electron chi connectivity index (χ2n) is 5.23. The van der Waals surface area contributed by atoms with E-state index in [2.05, 4.69) is 25.3 Å². The number of thiazole rings is 1. The van der Waals surface area contributed by atoms with Crippen LogP contribution in [-0.4, -0.2) is 49.7 Å². The fraction of sp³-hybridized carbons (Fsp3) is 0.538. The smallest absolute Gasteiger partial charge is 0.240 e. The molecule has 3 heterocycles. The molecular weight excluding hydrogens is 288 g/mol. The van der Waals surface area contributed by atoms with E-state index in [-0.39, 0.29) is 5.91 Å². The van der Waals surface area contributed by atoms with Gasteiger partial charge in [0.1, 0.15) is 12.7 Å². The van der Waals surface area contributed by atoms with Gasteiger partial charge in [0, 0.05) is 11.4 Å². The van der Waals surface area contributed by atoms with Gasteiger partial charge in [0.05, 0.1) is 18.8 Å². The Balaban J connectivity index is 1.54. The number of amides is 1. The third kappa shape index (κ3) is 3.64. The van der Waals surface area contributed by atoms with Crippen LogP contribution in [0.3, 0.4) is 0 Å². The van der Waals surface area contributed by atoms with Gasteiger partial charge in [-0.25, -0.2) is 9.97 Å². The second kappa shape index (κ2) is 6.31. The molecule has 0 aromatic carbocycles. The van der Waals surface area contributed by atoms with Gasteiger partial charge in [-0.2, -0.15) is 5.10 Å². The van der Waals surface area contributed by atoms with Gasteiger partial charge in [-0.3, -0.25) is 14.4 Å². The summed E-state index contributed by atoms with van der Waals surface area (Å²) in [6, 6.07) is 0.343. The first kappa shape index (κ1) is 14.2. The lowest BCUT2D eigenvalue weighted by molar-refractivity contribution is -0.117. The molecule has 8 heteroatoms. The summed E-state index contributed by atoms with van der Waals surface area (Å²) in [5, 5.41) is 9.60. The van der Waals surface area contributed by atoms with E-state index in [0.29, 0.717) is 17.7 Å². The van der Waals surface area contributed by atoms with Crippen LogP contribution >= 0.6 is 11.3 Å². The first-order valence-corrected chi connectivity index (χ1v) is 7.87. The molecule has 1 aliphatic rings. The molecule has 1 saturated heterocycles. The Labute approximate surface area is 127 Å². The summed E-state index contributed by atoms with van der Waals surface area (Å²) in [5.41, 5.74) is 0.931. The van der Waals surface area contributed by atoms with Crippen molar-refractivity contribution in [3.63, 3.8) is 0 Å². The quantitative estimate of drug-likeness (QED) is 0.896. The standard InChI is InChI=1S/C13H18N6OS/c1-10-7-21-13(16-10)17-12(20)6-18-4-2-3-11(18)5-19-9-14-8-15-19/h7-9,11H,2-6H2,1H3,(H,16,17,20)/t11-/m1/s1. The van der Waals surface area contributed by atoms with Gasteiger partial charge in [-0.1, -0.05) is 0 Å². The molecule has 21 heavy (non-hydrogen) atoms. The molecule has 0 aliphatic carbocycles. The average Bonchev–Trinajstić information content (AvgIpc) is 3.15. The van der Waals surface area contributed by atoms with Crippen molar-refractivity contribution in [2.45, 2.75) is 32.4 Å². The Morgan fingerprint density at radius 2 is 2.48 bits per heavy atom. The summed E-state index contributed by atoms with van der Waals surface area (Å²) in [6.45, 7) is 4.05. The molecule has 1 aliphatic heterocycles. The van der Waals surface area contributed by atoms with E-state index in [1.807, 2.05) is 17.0 Å². The molecule has 0 spiro atoms. The summed E-state index contributed by atoms with van der Waals surface area (Å²) >= 11 is 1.46. The molecule has 3 rings (SSSR count). The number of carbonyl (C=O) groups is 1. The highest BCUT2D eigenvalue weighted by atomic mass is 32.1. The maximum Gasteiger partial charge on any atom is 0.240 e. The molecule has 1 amide bonds. The number of hydrogen-bond donors (Lipinski definition) is 1. The fourth-order valence-electron chi connectivity index (χ4n) is 2.61. The number of likely N-dealkylation sites (tertiary alicyclic amines) is 1. The van der Waals surface area contributed by atoms with Crippen LogP contribution in [0.5, 0.6) is 0 Å². The number of rotatable bonds is 5. The number of aryl methyl sites for hydroxylation is 1. The highest BCUT2D eigenvalue weighted by Gasteiger charge is 2.26. The SMILES string of the molecule is Cc1csc(NC(=O)CN2CCC[C@@H]2Cn2cncn2)n1. The van der Waals surface area contributed by atoms with Crippen LogP contribution in [0.2, 0.25) is 0 Å². The Hall–Kier alpha value is -1.80. The van der Waals surface area contributed by atoms with Crippen molar-refractivity contribution in [2.75, 3.05) is 18.4 Å². The zero-order valence-electron chi connectivity index (χ0n) is 11.9. The molecule has 2 aromatic heterocycles. The number of aromatic nitrogens is 4. The van der Waals surface area contributed by atoms with Gasteiger partial charge in [0.25, 0.3) is 0 Å². The van der Waals surface area contributed by atoms with Crippen molar-refractivity contribution in [1.29, 1.82) is 0 Å². The van der Waals surface area contributed by atoms with Crippen molar-refractivity contribution >= 4 is 22.4 Å². The van der Waals surface area contributed by atoms with Crippen LogP contribution < -0.4 is 5.32 Å². The lowest BCUT2D eigenvalue weighted by Gasteiger charge is -2.23. The molecule has 0 radical (unpaired) electrons. The minimum absolute atomic E-state index is 0.00478. The van der Waals surface area contributed by atoms with Crippen molar-refractivity contribution in [3.8, 4) is 0 Å². The summed E-state index contributed by atoms with van der Waals surface area (Å²) in [7, 11) is 0. The summed E-state index contributed by atoms with van der Waals surface area (Å²) < 4.78 is 1.82. The minimum atomic E-state index is -0.00478. The Morgan fingerprint density at radius 1 is 1.57 bits per heavy atom. The second-order valence-corrected chi connectivity index (χ2v) is 6.08. The van der Waals surface area contributed by atoms with Crippen LogP contribution in [-0.2, 0) is 11.3 Å². The molecule has 0 bridgehead atoms. The lowest BCUT2D eigenvalue weighted by atomic mass is 10.2. The van der Waals surface area contributed by atoms with E-state index in [1.54, 1.807) is 6.33 Å². The number of nitrogens with zero attached hydrogens (tertiary/aromatic N) is 5. The minimum Gasteiger partial charge on any atom is -0.301 e. The van der Waals surface area contributed by atoms with Gasteiger partial charge in [0.2, 0.25) is 5.91 Å². The van der Waals surface area contributed by atoms with Crippen LogP contribution in [0, 0.1) is 6.92 Å². The zero-order chi connectivity index (χ0) is 14.7. The maximum atomic E-state index is 12.1. The molecular formula is C13H18N6OS. The van der Waals surface area contributed by atoms with Crippen molar-refractivity contribution < 1.29 is 4.79 Å². The molecule has 7 nitrogen and oxygen atoms in total. The Morgan fingerprint density at radius 3 is 3.19 bits per heavy atom. The van der Waals surface area contributed by atoms with E-state index >= 15 is 0 Å². The van der Waals surface area contributed by atoms with Gasteiger partial charge >= 0.3 is 0 Å². The molecule has 0 saturated carbocycles. The molecule has 1 N–H and O–H groups in total. The molecule has 0 unspecified atom stereocenters. The van der Waals surface area contributed by atoms with Gasteiger partial charge < -0.3 is 5.32 Å². The summed E-state index contributed by atoms with van der Waals surface area (Å²) in [5.74, 6) is -0.00478. The normalized spacial score (nSPS) is 19.0. The van der Waals surface area contributed by atoms with Gasteiger partial charge in [0.15, 0.2) is 5.13 Å².